The third-order valence-corrected chi connectivity index (χ3v) is 9.62. The van der Waals surface area contributed by atoms with E-state index >= 15 is 0 Å². The molecule has 0 amide bonds. The van der Waals surface area contributed by atoms with Crippen molar-refractivity contribution in [3.05, 3.63) is 136 Å². The van der Waals surface area contributed by atoms with Crippen LogP contribution in [0.3, 0.4) is 0 Å². The molecule has 1 aliphatic rings. The van der Waals surface area contributed by atoms with E-state index < -0.39 is 11.7 Å². The van der Waals surface area contributed by atoms with Crippen molar-refractivity contribution in [3.63, 3.8) is 0 Å². The van der Waals surface area contributed by atoms with Gasteiger partial charge in [-0.1, -0.05) is 96.5 Å². The Balaban J connectivity index is 0.00000480. The second kappa shape index (κ2) is 18.0. The molecule has 1 heterocycles. The summed E-state index contributed by atoms with van der Waals surface area (Å²) in [4.78, 5) is 4.72. The highest BCUT2D eigenvalue weighted by molar-refractivity contribution is 7.99. The van der Waals surface area contributed by atoms with Gasteiger partial charge in [-0.25, -0.2) is 0 Å². The van der Waals surface area contributed by atoms with Gasteiger partial charge in [0.15, 0.2) is 0 Å². The Kier molecular flexibility index (Phi) is 14.2. The molecule has 0 saturated carbocycles. The Labute approximate surface area is 286 Å². The highest BCUT2D eigenvalue weighted by Gasteiger charge is 2.34. The standard InChI is InChI=1S/C37H40ClF3N2OS.ClH/c38-36-32(15-8-17-35(36)37(39,40)41)27-43(28-34(30-11-3-1-4-12-30)31-13-5-2-6-14-31)19-9-23-44-33-16-7-10-29(26-33)18-20-42-21-24-45-25-22-42;/h1-8,10-17,26,34H,9,18-25,27-28H2;1H. The van der Waals surface area contributed by atoms with Gasteiger partial charge >= 0.3 is 6.18 Å². The lowest BCUT2D eigenvalue weighted by atomic mass is 9.90. The van der Waals surface area contributed by atoms with Gasteiger partial charge in [-0.15, -0.1) is 12.4 Å². The van der Waals surface area contributed by atoms with Crippen molar-refractivity contribution in [1.82, 2.24) is 9.80 Å². The molecule has 0 unspecified atom stereocenters. The number of nitrogens with zero attached hydrogens (tertiary/aromatic N) is 2. The van der Waals surface area contributed by atoms with Crippen molar-refractivity contribution in [3.8, 4) is 5.75 Å². The van der Waals surface area contributed by atoms with E-state index in [2.05, 4.69) is 46.2 Å². The molecule has 0 bridgehead atoms. The van der Waals surface area contributed by atoms with E-state index in [-0.39, 0.29) is 23.3 Å². The van der Waals surface area contributed by atoms with E-state index in [1.165, 1.54) is 23.1 Å². The Morgan fingerprint density at radius 2 is 1.50 bits per heavy atom. The maximum Gasteiger partial charge on any atom is 0.417 e. The second-order valence-corrected chi connectivity index (χ2v) is 13.0. The lowest BCUT2D eigenvalue weighted by Gasteiger charge is -2.29. The summed E-state index contributed by atoms with van der Waals surface area (Å²) < 4.78 is 47.2. The Morgan fingerprint density at radius 1 is 0.848 bits per heavy atom. The van der Waals surface area contributed by atoms with Crippen LogP contribution < -0.4 is 4.74 Å². The largest absolute Gasteiger partial charge is 0.494 e. The Bertz CT molecular complexity index is 1430. The van der Waals surface area contributed by atoms with Gasteiger partial charge in [0.2, 0.25) is 0 Å². The summed E-state index contributed by atoms with van der Waals surface area (Å²) in [6, 6.07) is 33.0. The minimum atomic E-state index is -4.51. The summed E-state index contributed by atoms with van der Waals surface area (Å²) in [5.41, 5.74) is 3.24. The first-order valence-electron chi connectivity index (χ1n) is 15.6. The minimum absolute atomic E-state index is 0. The number of hydrogen-bond donors (Lipinski definition) is 0. The van der Waals surface area contributed by atoms with Crippen LogP contribution in [0.5, 0.6) is 5.75 Å². The highest BCUT2D eigenvalue weighted by atomic mass is 35.5. The molecular weight excluding hydrogens is 648 g/mol. The van der Waals surface area contributed by atoms with Crippen molar-refractivity contribution in [2.24, 2.45) is 0 Å². The zero-order valence-electron chi connectivity index (χ0n) is 25.8. The molecule has 3 nitrogen and oxygen atoms in total. The van der Waals surface area contributed by atoms with Crippen molar-refractivity contribution in [1.29, 1.82) is 0 Å². The average molecular weight is 690 g/mol. The van der Waals surface area contributed by atoms with Crippen LogP contribution in [0.15, 0.2) is 103 Å². The van der Waals surface area contributed by atoms with E-state index in [1.54, 1.807) is 6.07 Å². The molecule has 0 atom stereocenters. The van der Waals surface area contributed by atoms with Crippen LogP contribution >= 0.6 is 35.8 Å². The fourth-order valence-corrected chi connectivity index (χ4v) is 7.08. The average Bonchev–Trinajstić information content (AvgIpc) is 3.06. The minimum Gasteiger partial charge on any atom is -0.494 e. The lowest BCUT2D eigenvalue weighted by Crippen LogP contribution is -2.34. The van der Waals surface area contributed by atoms with Gasteiger partial charge in [-0.05, 0) is 53.3 Å². The summed E-state index contributed by atoms with van der Waals surface area (Å²) in [7, 11) is 0. The van der Waals surface area contributed by atoms with Gasteiger partial charge in [0, 0.05) is 56.7 Å². The monoisotopic (exact) mass is 688 g/mol. The molecule has 0 N–H and O–H groups in total. The van der Waals surface area contributed by atoms with E-state index in [4.69, 9.17) is 16.3 Å². The molecule has 1 saturated heterocycles. The van der Waals surface area contributed by atoms with Gasteiger partial charge in [0.1, 0.15) is 5.75 Å². The first kappa shape index (κ1) is 36.2. The molecule has 0 spiro atoms. The van der Waals surface area contributed by atoms with Gasteiger partial charge in [0.25, 0.3) is 0 Å². The highest BCUT2D eigenvalue weighted by Crippen LogP contribution is 2.37. The third kappa shape index (κ3) is 10.7. The summed E-state index contributed by atoms with van der Waals surface area (Å²) >= 11 is 8.39. The van der Waals surface area contributed by atoms with E-state index in [0.29, 0.717) is 38.2 Å². The fourth-order valence-electron chi connectivity index (χ4n) is 5.81. The van der Waals surface area contributed by atoms with E-state index in [0.717, 1.165) is 49.0 Å². The fraction of sp³-hybridized carbons (Fsp3) is 0.351. The summed E-state index contributed by atoms with van der Waals surface area (Å²) in [5, 5.41) is -0.234. The van der Waals surface area contributed by atoms with Crippen LogP contribution in [0.25, 0.3) is 0 Å². The van der Waals surface area contributed by atoms with Crippen molar-refractivity contribution in [2.45, 2.75) is 31.5 Å². The topological polar surface area (TPSA) is 15.7 Å². The molecule has 1 fully saturated rings. The molecule has 0 radical (unpaired) electrons. The number of ether oxygens (including phenoxy) is 1. The SMILES string of the molecule is Cl.FC(F)(F)c1cccc(CN(CCCOc2cccc(CCN3CCSCC3)c2)CC(c2ccccc2)c2ccccc2)c1Cl. The predicted octanol–water partition coefficient (Wildman–Crippen LogP) is 9.48. The molecule has 5 rings (SSSR count). The van der Waals surface area contributed by atoms with Crippen molar-refractivity contribution < 1.29 is 17.9 Å². The van der Waals surface area contributed by atoms with Crippen molar-refractivity contribution in [2.75, 3.05) is 50.8 Å². The zero-order chi connectivity index (χ0) is 31.5. The van der Waals surface area contributed by atoms with Crippen LogP contribution in [0.4, 0.5) is 13.2 Å². The number of halogens is 5. The molecule has 1 aliphatic heterocycles. The van der Waals surface area contributed by atoms with Crippen LogP contribution in [0, 0.1) is 0 Å². The maximum absolute atomic E-state index is 13.7. The van der Waals surface area contributed by atoms with Gasteiger partial charge in [-0.2, -0.15) is 24.9 Å². The van der Waals surface area contributed by atoms with Gasteiger partial charge in [-0.3, -0.25) is 4.90 Å². The predicted molar refractivity (Wildman–Crippen MR) is 188 cm³/mol. The summed E-state index contributed by atoms with van der Waals surface area (Å²) in [6.45, 7) is 5.41. The number of thioether (sulfide) groups is 1. The first-order valence-corrected chi connectivity index (χ1v) is 17.1. The quantitative estimate of drug-likeness (QED) is 0.123. The second-order valence-electron chi connectivity index (χ2n) is 11.4. The molecule has 0 aromatic heterocycles. The molecule has 4 aromatic rings. The molecule has 0 aliphatic carbocycles. The van der Waals surface area contributed by atoms with Crippen molar-refractivity contribution >= 4 is 35.8 Å². The first-order chi connectivity index (χ1) is 21.9. The van der Waals surface area contributed by atoms with Gasteiger partial charge < -0.3 is 9.64 Å². The smallest absolute Gasteiger partial charge is 0.417 e. The molecule has 9 heteroatoms. The van der Waals surface area contributed by atoms with Crippen LogP contribution in [0.2, 0.25) is 5.02 Å². The van der Waals surface area contributed by atoms with Crippen LogP contribution in [-0.2, 0) is 19.1 Å². The summed E-state index contributed by atoms with van der Waals surface area (Å²) in [5.74, 6) is 3.29. The van der Waals surface area contributed by atoms with Crippen LogP contribution in [-0.4, -0.2) is 60.6 Å². The number of benzene rings is 4. The molecule has 4 aromatic carbocycles. The molecule has 246 valence electrons. The van der Waals surface area contributed by atoms with Crippen LogP contribution in [0.1, 0.15) is 40.2 Å². The van der Waals surface area contributed by atoms with Gasteiger partial charge in [0.05, 0.1) is 17.2 Å². The Morgan fingerprint density at radius 3 is 2.15 bits per heavy atom. The number of rotatable bonds is 14. The third-order valence-electron chi connectivity index (χ3n) is 8.23. The normalized spacial score (nSPS) is 14.0. The number of hydrogen-bond acceptors (Lipinski definition) is 4. The zero-order valence-corrected chi connectivity index (χ0v) is 28.2. The number of alkyl halides is 3. The lowest BCUT2D eigenvalue weighted by molar-refractivity contribution is -0.137. The maximum atomic E-state index is 13.7. The molecular formula is C37H41Cl2F3N2OS. The van der Waals surface area contributed by atoms with E-state index in [1.807, 2.05) is 60.3 Å². The summed E-state index contributed by atoms with van der Waals surface area (Å²) in [6.07, 6.45) is -2.81. The van der Waals surface area contributed by atoms with E-state index in [9.17, 15) is 13.2 Å². The molecule has 46 heavy (non-hydrogen) atoms. The Hall–Kier alpha value is -2.68.